The number of hydrogen-bond acceptors (Lipinski definition) is 5. The van der Waals surface area contributed by atoms with Gasteiger partial charge in [0.2, 0.25) is 5.91 Å². The zero-order valence-corrected chi connectivity index (χ0v) is 18.9. The molecule has 4 rings (SSSR count). The summed E-state index contributed by atoms with van der Waals surface area (Å²) < 4.78 is 7.43. The first-order chi connectivity index (χ1) is 15.9. The molecular weight excluding hydrogens is 467 g/mol. The Morgan fingerprint density at radius 2 is 1.79 bits per heavy atom. The molecule has 0 saturated carbocycles. The van der Waals surface area contributed by atoms with Crippen LogP contribution in [-0.4, -0.2) is 27.1 Å². The van der Waals surface area contributed by atoms with Gasteiger partial charge in [-0.3, -0.25) is 18.7 Å². The summed E-state index contributed by atoms with van der Waals surface area (Å²) >= 11 is 11.9. The lowest BCUT2D eigenvalue weighted by Crippen LogP contribution is -2.42. The van der Waals surface area contributed by atoms with Gasteiger partial charge in [-0.25, -0.2) is 9.78 Å². The van der Waals surface area contributed by atoms with Crippen LogP contribution in [0.5, 0.6) is 5.75 Å². The number of carbonyl (C=O) groups excluding carboxylic acids is 1. The predicted octanol–water partition coefficient (Wildman–Crippen LogP) is 3.56. The van der Waals surface area contributed by atoms with Crippen LogP contribution in [-0.2, 0) is 17.9 Å². The largest absolute Gasteiger partial charge is 0.497 e. The van der Waals surface area contributed by atoms with Crippen LogP contribution >= 0.6 is 23.2 Å². The third kappa shape index (κ3) is 4.76. The predicted molar refractivity (Wildman–Crippen MR) is 127 cm³/mol. The van der Waals surface area contributed by atoms with Crippen molar-refractivity contribution in [3.63, 3.8) is 0 Å². The van der Waals surface area contributed by atoms with Gasteiger partial charge in [0.15, 0.2) is 5.52 Å². The highest BCUT2D eigenvalue weighted by molar-refractivity contribution is 6.42. The molecule has 0 spiro atoms. The van der Waals surface area contributed by atoms with Crippen LogP contribution in [0.1, 0.15) is 5.56 Å². The lowest BCUT2D eigenvalue weighted by Gasteiger charge is -2.14. The monoisotopic (exact) mass is 484 g/mol. The molecule has 10 heteroatoms. The van der Waals surface area contributed by atoms with Gasteiger partial charge in [-0.1, -0.05) is 35.3 Å². The summed E-state index contributed by atoms with van der Waals surface area (Å²) in [5.74, 6) is 0.179. The van der Waals surface area contributed by atoms with E-state index in [-0.39, 0.29) is 29.1 Å². The smallest absolute Gasteiger partial charge is 0.332 e. The molecule has 4 aromatic rings. The van der Waals surface area contributed by atoms with Gasteiger partial charge in [-0.15, -0.1) is 0 Å². The maximum absolute atomic E-state index is 13.3. The first-order valence-electron chi connectivity index (χ1n) is 9.83. The van der Waals surface area contributed by atoms with Crippen molar-refractivity contribution in [2.45, 2.75) is 13.1 Å². The highest BCUT2D eigenvalue weighted by atomic mass is 35.5. The molecule has 0 aliphatic carbocycles. The van der Waals surface area contributed by atoms with Crippen LogP contribution in [0, 0.1) is 0 Å². The van der Waals surface area contributed by atoms with E-state index in [1.54, 1.807) is 55.6 Å². The van der Waals surface area contributed by atoms with E-state index >= 15 is 0 Å². The Labute approximate surface area is 198 Å². The lowest BCUT2D eigenvalue weighted by molar-refractivity contribution is -0.116. The normalized spacial score (nSPS) is 10.9. The lowest BCUT2D eigenvalue weighted by atomic mass is 10.2. The van der Waals surface area contributed by atoms with Gasteiger partial charge < -0.3 is 10.1 Å². The number of rotatable bonds is 6. The summed E-state index contributed by atoms with van der Waals surface area (Å²) in [6.07, 6.45) is 1.46. The quantitative estimate of drug-likeness (QED) is 0.451. The maximum atomic E-state index is 13.3. The third-order valence-electron chi connectivity index (χ3n) is 4.99. The van der Waals surface area contributed by atoms with Crippen molar-refractivity contribution in [1.29, 1.82) is 0 Å². The van der Waals surface area contributed by atoms with Gasteiger partial charge in [-0.05, 0) is 48.0 Å². The molecule has 1 amide bonds. The maximum Gasteiger partial charge on any atom is 0.332 e. The zero-order chi connectivity index (χ0) is 23.5. The Bertz CT molecular complexity index is 1460. The number of hydrogen-bond donors (Lipinski definition) is 1. The molecule has 0 fully saturated rings. The van der Waals surface area contributed by atoms with Gasteiger partial charge >= 0.3 is 5.69 Å². The first-order valence-corrected chi connectivity index (χ1v) is 10.6. The molecule has 0 radical (unpaired) electrons. The Kier molecular flexibility index (Phi) is 6.48. The molecule has 1 N–H and O–H groups in total. The molecule has 168 valence electrons. The minimum absolute atomic E-state index is 0.0165. The Morgan fingerprint density at radius 1 is 1.03 bits per heavy atom. The van der Waals surface area contributed by atoms with Crippen molar-refractivity contribution in [1.82, 2.24) is 14.1 Å². The van der Waals surface area contributed by atoms with Crippen molar-refractivity contribution in [3.8, 4) is 5.75 Å². The topological polar surface area (TPSA) is 95.2 Å². The van der Waals surface area contributed by atoms with E-state index in [4.69, 9.17) is 27.9 Å². The summed E-state index contributed by atoms with van der Waals surface area (Å²) in [6.45, 7) is -0.313. The van der Waals surface area contributed by atoms with Crippen LogP contribution in [0.2, 0.25) is 10.0 Å². The first kappa shape index (κ1) is 22.6. The number of aromatic nitrogens is 3. The number of methoxy groups -OCH3 is 1. The van der Waals surface area contributed by atoms with Gasteiger partial charge in [0.1, 0.15) is 12.3 Å². The third-order valence-corrected chi connectivity index (χ3v) is 5.73. The Morgan fingerprint density at radius 3 is 2.48 bits per heavy atom. The van der Waals surface area contributed by atoms with Crippen molar-refractivity contribution in [3.05, 3.63) is 97.2 Å². The second kappa shape index (κ2) is 9.48. The fourth-order valence-electron chi connectivity index (χ4n) is 3.37. The molecule has 2 aromatic heterocycles. The van der Waals surface area contributed by atoms with Crippen LogP contribution < -0.4 is 21.3 Å². The van der Waals surface area contributed by atoms with E-state index in [2.05, 4.69) is 10.3 Å². The number of fused-ring (bicyclic) bond motifs is 1. The van der Waals surface area contributed by atoms with Crippen LogP contribution in [0.25, 0.3) is 11.0 Å². The highest BCUT2D eigenvalue weighted by Gasteiger charge is 2.17. The summed E-state index contributed by atoms with van der Waals surface area (Å²) in [6, 6.07) is 14.8. The summed E-state index contributed by atoms with van der Waals surface area (Å²) in [5, 5.41) is 3.32. The Balaban J connectivity index is 1.72. The number of ether oxygens (including phenoxy) is 1. The Hall–Kier alpha value is -3.62. The van der Waals surface area contributed by atoms with Crippen molar-refractivity contribution in [2.75, 3.05) is 12.4 Å². The average molecular weight is 485 g/mol. The molecule has 0 atom stereocenters. The van der Waals surface area contributed by atoms with Gasteiger partial charge in [0.25, 0.3) is 5.56 Å². The SMILES string of the molecule is COc1ccc(Cn2c(=O)c3ncccc3n(CC(=O)Nc3ccc(Cl)c(Cl)c3)c2=O)cc1. The second-order valence-corrected chi connectivity index (χ2v) is 7.97. The summed E-state index contributed by atoms with van der Waals surface area (Å²) in [5.41, 5.74) is 0.345. The number of nitrogens with one attached hydrogen (secondary N) is 1. The molecule has 8 nitrogen and oxygen atoms in total. The molecule has 0 aliphatic heterocycles. The molecule has 0 unspecified atom stereocenters. The van der Waals surface area contributed by atoms with E-state index in [1.165, 1.54) is 16.8 Å². The van der Waals surface area contributed by atoms with Crippen molar-refractivity contribution in [2.24, 2.45) is 0 Å². The van der Waals surface area contributed by atoms with Crippen LogP contribution in [0.3, 0.4) is 0 Å². The van der Waals surface area contributed by atoms with E-state index in [9.17, 15) is 14.4 Å². The van der Waals surface area contributed by atoms with E-state index in [1.807, 2.05) is 0 Å². The zero-order valence-electron chi connectivity index (χ0n) is 17.4. The molecule has 33 heavy (non-hydrogen) atoms. The molecule has 0 bridgehead atoms. The standard InChI is InChI=1S/C23H18Cl2N4O4/c1-33-16-7-4-14(5-8-16)12-29-22(31)21-19(3-2-10-26-21)28(23(29)32)13-20(30)27-15-6-9-17(24)18(25)11-15/h2-11H,12-13H2,1H3,(H,27,30). The molecular formula is C23H18Cl2N4O4. The molecule has 2 aromatic carbocycles. The summed E-state index contributed by atoms with van der Waals surface area (Å²) in [7, 11) is 1.55. The molecule has 0 aliphatic rings. The van der Waals surface area contributed by atoms with E-state index < -0.39 is 17.2 Å². The number of amides is 1. The van der Waals surface area contributed by atoms with Crippen molar-refractivity contribution >= 4 is 45.8 Å². The number of benzene rings is 2. The van der Waals surface area contributed by atoms with Crippen LogP contribution in [0.4, 0.5) is 5.69 Å². The number of pyridine rings is 1. The van der Waals surface area contributed by atoms with E-state index in [0.717, 1.165) is 10.1 Å². The van der Waals surface area contributed by atoms with Gasteiger partial charge in [0, 0.05) is 11.9 Å². The number of halogens is 2. The fourth-order valence-corrected chi connectivity index (χ4v) is 3.66. The van der Waals surface area contributed by atoms with Crippen molar-refractivity contribution < 1.29 is 9.53 Å². The number of carbonyl (C=O) groups is 1. The summed E-state index contributed by atoms with van der Waals surface area (Å²) in [4.78, 5) is 43.2. The highest BCUT2D eigenvalue weighted by Crippen LogP contribution is 2.25. The number of anilines is 1. The molecule has 2 heterocycles. The second-order valence-electron chi connectivity index (χ2n) is 7.16. The fraction of sp³-hybridized carbons (Fsp3) is 0.130. The van der Waals surface area contributed by atoms with Gasteiger partial charge in [0.05, 0.1) is 29.2 Å². The van der Waals surface area contributed by atoms with Gasteiger partial charge in [-0.2, -0.15) is 0 Å². The minimum Gasteiger partial charge on any atom is -0.497 e. The average Bonchev–Trinajstić information content (AvgIpc) is 2.82. The number of nitrogens with zero attached hydrogens (tertiary/aromatic N) is 3. The van der Waals surface area contributed by atoms with E-state index in [0.29, 0.717) is 16.5 Å². The van der Waals surface area contributed by atoms with Crippen LogP contribution in [0.15, 0.2) is 70.4 Å². The minimum atomic E-state index is -0.624. The molecule has 0 saturated heterocycles.